The first kappa shape index (κ1) is 40.4. The first-order valence-electron chi connectivity index (χ1n) is 20.9. The average Bonchev–Trinajstić information content (AvgIpc) is 4.12. The number of benzene rings is 4. The first-order valence-corrected chi connectivity index (χ1v) is 23.9. The summed E-state index contributed by atoms with van der Waals surface area (Å²) in [6, 6.07) is 31.4. The lowest BCUT2D eigenvalue weighted by Gasteiger charge is -2.37. The number of hydrogen-bond donors (Lipinski definition) is 1. The lowest BCUT2D eigenvalue weighted by molar-refractivity contribution is -0.146. The van der Waals surface area contributed by atoms with Crippen molar-refractivity contribution in [1.82, 2.24) is 15.0 Å². The molecule has 1 aromatic heterocycles. The van der Waals surface area contributed by atoms with Crippen molar-refractivity contribution in [2.24, 2.45) is 5.92 Å². The van der Waals surface area contributed by atoms with E-state index in [-0.39, 0.29) is 55.2 Å². The number of aromatic nitrogens is 3. The molecule has 5 heterocycles. The molecule has 3 fully saturated rings. The molecule has 5 atom stereocenters. The highest BCUT2D eigenvalue weighted by atomic mass is 28.3. The van der Waals surface area contributed by atoms with Crippen molar-refractivity contribution in [3.05, 3.63) is 126 Å². The number of methoxy groups -OCH3 is 1. The number of aliphatic hydroxyl groups is 1. The number of cyclic esters (lactones) is 2. The van der Waals surface area contributed by atoms with Gasteiger partial charge in [0.15, 0.2) is 5.60 Å². The number of rotatable bonds is 13. The van der Waals surface area contributed by atoms with Gasteiger partial charge in [-0.25, -0.2) is 9.59 Å². The van der Waals surface area contributed by atoms with Gasteiger partial charge in [-0.2, -0.15) is 0 Å². The quantitative estimate of drug-likeness (QED) is 0.136. The number of anilines is 3. The highest BCUT2D eigenvalue weighted by molar-refractivity contribution is 6.91. The van der Waals surface area contributed by atoms with Crippen LogP contribution in [0.3, 0.4) is 0 Å². The van der Waals surface area contributed by atoms with Crippen molar-refractivity contribution in [2.75, 3.05) is 54.7 Å². The van der Waals surface area contributed by atoms with Crippen LogP contribution < -0.4 is 24.6 Å². The fourth-order valence-electron chi connectivity index (χ4n) is 10.0. The van der Waals surface area contributed by atoms with Crippen LogP contribution >= 0.6 is 0 Å². The fourth-order valence-corrected chi connectivity index (χ4v) is 14.1. The lowest BCUT2D eigenvalue weighted by Crippen LogP contribution is -2.51. The molecule has 4 aliphatic heterocycles. The lowest BCUT2D eigenvalue weighted by atomic mass is 9.82. The van der Waals surface area contributed by atoms with Crippen molar-refractivity contribution < 1.29 is 38.4 Å². The van der Waals surface area contributed by atoms with Gasteiger partial charge in [-0.3, -0.25) is 19.3 Å². The molecule has 4 aromatic carbocycles. The van der Waals surface area contributed by atoms with E-state index in [0.717, 1.165) is 33.8 Å². The van der Waals surface area contributed by atoms with Gasteiger partial charge in [-0.05, 0) is 65.6 Å². The average molecular weight is 843 g/mol. The molecule has 3 amide bonds. The summed E-state index contributed by atoms with van der Waals surface area (Å²) in [6.07, 6.45) is 1.26. The minimum atomic E-state index is -2.48. The predicted molar refractivity (Wildman–Crippen MR) is 231 cm³/mol. The second-order valence-corrected chi connectivity index (χ2v) is 21.5. The van der Waals surface area contributed by atoms with Crippen LogP contribution in [0.25, 0.3) is 0 Å². The van der Waals surface area contributed by atoms with Gasteiger partial charge in [0.1, 0.15) is 19.0 Å². The fraction of sp³-hybridized carbons (Fsp3) is 0.370. The number of fused-ring (bicyclic) bond motifs is 2. The van der Waals surface area contributed by atoms with Crippen LogP contribution in [0, 0.1) is 5.92 Å². The van der Waals surface area contributed by atoms with Crippen molar-refractivity contribution in [2.45, 2.75) is 62.7 Å². The maximum Gasteiger partial charge on any atom is 0.414 e. The Balaban J connectivity index is 1.09. The van der Waals surface area contributed by atoms with E-state index in [1.807, 2.05) is 91.1 Å². The van der Waals surface area contributed by atoms with Crippen molar-refractivity contribution >= 4 is 48.4 Å². The van der Waals surface area contributed by atoms with E-state index >= 15 is 4.79 Å². The third kappa shape index (κ3) is 7.03. The highest BCUT2D eigenvalue weighted by Crippen LogP contribution is 2.60. The van der Waals surface area contributed by atoms with Gasteiger partial charge in [-0.15, -0.1) is 5.10 Å². The van der Waals surface area contributed by atoms with Crippen LogP contribution in [0.4, 0.5) is 26.7 Å². The molecule has 14 nitrogen and oxygen atoms in total. The van der Waals surface area contributed by atoms with E-state index in [4.69, 9.17) is 18.9 Å². The third-order valence-electron chi connectivity index (χ3n) is 13.2. The van der Waals surface area contributed by atoms with Crippen LogP contribution in [0.1, 0.15) is 41.6 Å². The normalized spacial score (nSPS) is 22.9. The maximum atomic E-state index is 15.5. The summed E-state index contributed by atoms with van der Waals surface area (Å²) in [5.41, 5.74) is 3.91. The molecule has 0 radical (unpaired) electrons. The number of carbonyl (C=O) groups excluding carboxylic acids is 3. The number of aliphatic hydroxyl groups excluding tert-OH is 1. The second-order valence-electron chi connectivity index (χ2n) is 16.8. The number of ether oxygens (including phenoxy) is 4. The smallest absolute Gasteiger partial charge is 0.414 e. The molecule has 0 aliphatic carbocycles. The zero-order chi connectivity index (χ0) is 42.5. The number of aryl methyl sites for hydroxylation is 1. The molecule has 9 rings (SSSR count). The van der Waals surface area contributed by atoms with E-state index in [1.54, 1.807) is 26.5 Å². The van der Waals surface area contributed by atoms with Crippen LogP contribution in [0.15, 0.2) is 103 Å². The van der Waals surface area contributed by atoms with Gasteiger partial charge in [0, 0.05) is 35.6 Å². The molecular formula is C46H50N6O8Si. The zero-order valence-electron chi connectivity index (χ0n) is 34.8. The number of hydrogen-bond acceptors (Lipinski definition) is 10. The molecule has 3 saturated heterocycles. The molecule has 61 heavy (non-hydrogen) atoms. The van der Waals surface area contributed by atoms with Gasteiger partial charge in [-0.1, -0.05) is 85.0 Å². The van der Waals surface area contributed by atoms with Crippen LogP contribution in [-0.2, 0) is 37.7 Å². The van der Waals surface area contributed by atoms with E-state index < -0.39 is 19.8 Å². The van der Waals surface area contributed by atoms with Gasteiger partial charge >= 0.3 is 12.2 Å². The molecule has 5 aromatic rings. The monoisotopic (exact) mass is 842 g/mol. The van der Waals surface area contributed by atoms with Crippen LogP contribution in [0.2, 0.25) is 18.6 Å². The minimum absolute atomic E-state index is 0.0462. The van der Waals surface area contributed by atoms with Gasteiger partial charge in [0.2, 0.25) is 0 Å². The SMILES string of the molecule is COc1ccc([Si](C)(C)[C@H]2[C@H](CCn3cc(C(CO)c4ccccc4)nn3)O[C@@]3(C(=O)N(Cc4ccc(N5CCOC5=O)cc4)c4ccc(N5CCOC5=O)cc43)[C@@H]2C)cc1. The summed E-state index contributed by atoms with van der Waals surface area (Å²) in [4.78, 5) is 45.7. The molecular weight excluding hydrogens is 793 g/mol. The Morgan fingerprint density at radius 1 is 0.885 bits per heavy atom. The minimum Gasteiger partial charge on any atom is -0.497 e. The Hall–Kier alpha value is -6.03. The summed E-state index contributed by atoms with van der Waals surface area (Å²) in [7, 11) is -0.823. The van der Waals surface area contributed by atoms with Crippen molar-refractivity contribution in [1.29, 1.82) is 0 Å². The molecule has 0 bridgehead atoms. The molecule has 1 spiro atoms. The topological polar surface area (TPSA) is 149 Å². The van der Waals surface area contributed by atoms with Gasteiger partial charge in [0.25, 0.3) is 5.91 Å². The zero-order valence-corrected chi connectivity index (χ0v) is 35.8. The molecule has 316 valence electrons. The molecule has 1 unspecified atom stereocenters. The largest absolute Gasteiger partial charge is 0.497 e. The summed E-state index contributed by atoms with van der Waals surface area (Å²) in [5, 5.41) is 20.6. The third-order valence-corrected chi connectivity index (χ3v) is 17.5. The Kier molecular flexibility index (Phi) is 10.7. The summed E-state index contributed by atoms with van der Waals surface area (Å²) >= 11 is 0. The first-order chi connectivity index (χ1) is 29.5. The Bertz CT molecular complexity index is 2430. The molecule has 15 heteroatoms. The van der Waals surface area contributed by atoms with Crippen molar-refractivity contribution in [3.8, 4) is 5.75 Å². The highest BCUT2D eigenvalue weighted by Gasteiger charge is 2.66. The van der Waals surface area contributed by atoms with Crippen LogP contribution in [-0.4, -0.2) is 92.4 Å². The number of carbonyl (C=O) groups is 3. The summed E-state index contributed by atoms with van der Waals surface area (Å²) in [6.45, 7) is 8.97. The van der Waals surface area contributed by atoms with Crippen LogP contribution in [0.5, 0.6) is 5.75 Å². The van der Waals surface area contributed by atoms with E-state index in [1.165, 1.54) is 5.19 Å². The van der Waals surface area contributed by atoms with E-state index in [0.29, 0.717) is 44.0 Å². The van der Waals surface area contributed by atoms with Gasteiger partial charge in [0.05, 0.1) is 64.8 Å². The number of nitrogens with zero attached hydrogens (tertiary/aromatic N) is 6. The summed E-state index contributed by atoms with van der Waals surface area (Å²) in [5.74, 6) is 0.00804. The summed E-state index contributed by atoms with van der Waals surface area (Å²) < 4.78 is 25.2. The molecule has 1 N–H and O–H groups in total. The predicted octanol–water partition coefficient (Wildman–Crippen LogP) is 6.18. The second kappa shape index (κ2) is 16.1. The van der Waals surface area contributed by atoms with E-state index in [9.17, 15) is 14.7 Å². The van der Waals surface area contributed by atoms with Crippen molar-refractivity contribution in [3.63, 3.8) is 0 Å². The Morgan fingerprint density at radius 3 is 2.20 bits per heavy atom. The Morgan fingerprint density at radius 2 is 1.56 bits per heavy atom. The van der Waals surface area contributed by atoms with Gasteiger partial charge < -0.3 is 29.0 Å². The standard InChI is InChI=1S/C46H50N6O8Si/c1-30-42(61(3,4)36-17-15-35(57-2)16-18-36)41(20-21-49-28-39(47-48-49)37(29-53)32-8-6-5-7-9-32)60-46(30)38-26-34(51-23-25-59-45(51)56)14-19-40(38)52(43(46)54)27-31-10-12-33(13-11-31)50-22-24-58-44(50)55/h5-19,26,28,30,37,41-42,53H,20-25,27,29H2,1-4H3/t30-,37?,41+,42-,46+/m1/s1. The van der Waals surface area contributed by atoms with E-state index in [2.05, 4.69) is 42.5 Å². The molecule has 4 aliphatic rings. The molecule has 0 saturated carbocycles. The maximum absolute atomic E-state index is 15.5. The Labute approximate surface area is 355 Å². The number of amides is 3.